The summed E-state index contributed by atoms with van der Waals surface area (Å²) in [6.07, 6.45) is 0. The number of benzene rings is 2. The number of halogens is 2. The minimum absolute atomic E-state index is 0.00471. The Bertz CT molecular complexity index is 982. The number of carbonyl (C=O) groups is 2. The monoisotopic (exact) mass is 421 g/mol. The fraction of sp³-hybridized carbons (Fsp3) is 0.0588. The molecule has 7 nitrogen and oxygen atoms in total. The van der Waals surface area contributed by atoms with Crippen LogP contribution in [0.5, 0.6) is 0 Å². The highest BCUT2D eigenvalue weighted by atomic mass is 32.2. The summed E-state index contributed by atoms with van der Waals surface area (Å²) in [4.78, 5) is 23.8. The molecule has 3 rings (SSSR count). The Morgan fingerprint density at radius 3 is 2.46 bits per heavy atom. The number of rotatable bonds is 6. The van der Waals surface area contributed by atoms with E-state index in [1.165, 1.54) is 42.5 Å². The van der Waals surface area contributed by atoms with Crippen LogP contribution in [0.2, 0.25) is 0 Å². The Hall–Kier alpha value is -3.05. The number of carbonyl (C=O) groups excluding carboxylic acids is 2. The Morgan fingerprint density at radius 2 is 1.71 bits per heavy atom. The Kier molecular flexibility index (Phi) is 6.50. The molecule has 0 aliphatic heterocycles. The predicted octanol–water partition coefficient (Wildman–Crippen LogP) is 4.19. The van der Waals surface area contributed by atoms with E-state index in [0.29, 0.717) is 10.0 Å². The molecule has 0 unspecified atom stereocenters. The lowest BCUT2D eigenvalue weighted by Gasteiger charge is -2.05. The minimum atomic E-state index is -0.559. The van der Waals surface area contributed by atoms with Crippen LogP contribution in [0, 0.1) is 11.6 Å². The topological polar surface area (TPSA) is 96.0 Å². The van der Waals surface area contributed by atoms with E-state index in [2.05, 4.69) is 26.1 Å². The number of nitrogens with one attached hydrogen (secondary N) is 3. The zero-order valence-corrected chi connectivity index (χ0v) is 15.7. The van der Waals surface area contributed by atoms with Crippen LogP contribution >= 0.6 is 23.1 Å². The number of amides is 3. The molecule has 1 aromatic heterocycles. The summed E-state index contributed by atoms with van der Waals surface area (Å²) >= 11 is 2.18. The third-order valence-electron chi connectivity index (χ3n) is 3.20. The molecule has 28 heavy (non-hydrogen) atoms. The molecule has 144 valence electrons. The number of hydrogen-bond donors (Lipinski definition) is 3. The molecule has 0 saturated carbocycles. The number of anilines is 3. The first-order valence-electron chi connectivity index (χ1n) is 7.84. The summed E-state index contributed by atoms with van der Waals surface area (Å²) in [7, 11) is 0. The van der Waals surface area contributed by atoms with Crippen LogP contribution in [0.1, 0.15) is 0 Å². The van der Waals surface area contributed by atoms with Crippen molar-refractivity contribution in [3.63, 3.8) is 0 Å². The van der Waals surface area contributed by atoms with Crippen molar-refractivity contribution in [1.82, 2.24) is 10.2 Å². The molecular weight excluding hydrogens is 408 g/mol. The predicted molar refractivity (Wildman–Crippen MR) is 105 cm³/mol. The maximum absolute atomic E-state index is 13.5. The first-order chi connectivity index (χ1) is 13.5. The smallest absolute Gasteiger partial charge is 0.323 e. The number of nitrogens with zero attached hydrogens (tertiary/aromatic N) is 2. The lowest BCUT2D eigenvalue weighted by molar-refractivity contribution is -0.113. The standard InChI is InChI=1S/C17H13F2N5O2S2/c18-10-5-7-11(8-6-10)20-15(26)22-16-23-24-17(28-16)27-9-14(25)21-13-4-2-1-3-12(13)19/h1-8H,9H2,(H,21,25)(H2,20,22,23,26). The van der Waals surface area contributed by atoms with Gasteiger partial charge in [0.1, 0.15) is 11.6 Å². The maximum atomic E-state index is 13.5. The second-order valence-corrected chi connectivity index (χ2v) is 7.48. The second-order valence-electron chi connectivity index (χ2n) is 5.28. The fourth-order valence-corrected chi connectivity index (χ4v) is 3.53. The van der Waals surface area contributed by atoms with E-state index in [0.717, 1.165) is 23.1 Å². The number of para-hydroxylation sites is 1. The Balaban J connectivity index is 1.47. The van der Waals surface area contributed by atoms with Gasteiger partial charge in [0.15, 0.2) is 4.34 Å². The van der Waals surface area contributed by atoms with Gasteiger partial charge in [0.05, 0.1) is 11.4 Å². The van der Waals surface area contributed by atoms with Gasteiger partial charge in [0.25, 0.3) is 0 Å². The summed E-state index contributed by atoms with van der Waals surface area (Å²) < 4.78 is 26.8. The molecule has 3 amide bonds. The molecule has 0 aliphatic carbocycles. The molecular formula is C17H13F2N5O2S2. The molecule has 0 spiro atoms. The third kappa shape index (κ3) is 5.72. The summed E-state index contributed by atoms with van der Waals surface area (Å²) in [5.74, 6) is -1.31. The molecule has 0 atom stereocenters. The van der Waals surface area contributed by atoms with Crippen LogP contribution in [0.4, 0.5) is 30.1 Å². The number of urea groups is 1. The van der Waals surface area contributed by atoms with Crippen LogP contribution in [0.25, 0.3) is 0 Å². The van der Waals surface area contributed by atoms with Gasteiger partial charge in [0, 0.05) is 5.69 Å². The number of thioether (sulfide) groups is 1. The minimum Gasteiger partial charge on any atom is -0.323 e. The maximum Gasteiger partial charge on any atom is 0.325 e. The molecule has 0 bridgehead atoms. The van der Waals surface area contributed by atoms with Crippen molar-refractivity contribution in [1.29, 1.82) is 0 Å². The van der Waals surface area contributed by atoms with Crippen LogP contribution < -0.4 is 16.0 Å². The van der Waals surface area contributed by atoms with Crippen LogP contribution in [-0.4, -0.2) is 27.9 Å². The summed E-state index contributed by atoms with van der Waals surface area (Å²) in [5, 5.41) is 15.4. The van der Waals surface area contributed by atoms with Crippen molar-refractivity contribution < 1.29 is 18.4 Å². The highest BCUT2D eigenvalue weighted by Gasteiger charge is 2.12. The lowest BCUT2D eigenvalue weighted by atomic mass is 10.3. The van der Waals surface area contributed by atoms with Crippen LogP contribution in [-0.2, 0) is 4.79 Å². The quantitative estimate of drug-likeness (QED) is 0.410. The molecule has 3 N–H and O–H groups in total. The molecule has 2 aromatic carbocycles. The van der Waals surface area contributed by atoms with E-state index >= 15 is 0 Å². The Morgan fingerprint density at radius 1 is 0.964 bits per heavy atom. The van der Waals surface area contributed by atoms with E-state index in [9.17, 15) is 18.4 Å². The number of aromatic nitrogens is 2. The molecule has 0 fully saturated rings. The van der Waals surface area contributed by atoms with Gasteiger partial charge in [-0.2, -0.15) is 0 Å². The van der Waals surface area contributed by atoms with E-state index in [1.807, 2.05) is 0 Å². The molecule has 3 aromatic rings. The summed E-state index contributed by atoms with van der Waals surface area (Å²) in [6.45, 7) is 0. The van der Waals surface area contributed by atoms with Gasteiger partial charge in [-0.15, -0.1) is 10.2 Å². The van der Waals surface area contributed by atoms with Crippen molar-refractivity contribution in [2.75, 3.05) is 21.7 Å². The highest BCUT2D eigenvalue weighted by Crippen LogP contribution is 2.26. The van der Waals surface area contributed by atoms with Gasteiger partial charge >= 0.3 is 6.03 Å². The fourth-order valence-electron chi connectivity index (χ4n) is 1.99. The molecule has 0 radical (unpaired) electrons. The molecule has 0 aliphatic rings. The SMILES string of the molecule is O=C(CSc1nnc(NC(=O)Nc2ccc(F)cc2)s1)Nc1ccccc1F. The first kappa shape index (κ1) is 19.7. The molecule has 0 saturated heterocycles. The highest BCUT2D eigenvalue weighted by molar-refractivity contribution is 8.01. The number of hydrogen-bond acceptors (Lipinski definition) is 6. The van der Waals surface area contributed by atoms with Gasteiger partial charge in [-0.1, -0.05) is 35.2 Å². The molecule has 1 heterocycles. The van der Waals surface area contributed by atoms with Crippen molar-refractivity contribution >= 4 is 51.5 Å². The van der Waals surface area contributed by atoms with Gasteiger partial charge in [-0.3, -0.25) is 10.1 Å². The first-order valence-corrected chi connectivity index (χ1v) is 9.64. The van der Waals surface area contributed by atoms with E-state index < -0.39 is 23.6 Å². The lowest BCUT2D eigenvalue weighted by Crippen LogP contribution is -2.19. The van der Waals surface area contributed by atoms with Crippen molar-refractivity contribution in [2.24, 2.45) is 0 Å². The van der Waals surface area contributed by atoms with E-state index in [-0.39, 0.29) is 16.6 Å². The van der Waals surface area contributed by atoms with Crippen molar-refractivity contribution in [3.05, 3.63) is 60.2 Å². The Labute approximate surface area is 166 Å². The van der Waals surface area contributed by atoms with Crippen molar-refractivity contribution in [2.45, 2.75) is 4.34 Å². The average Bonchev–Trinajstić information content (AvgIpc) is 3.11. The van der Waals surface area contributed by atoms with Gasteiger partial charge in [-0.25, -0.2) is 13.6 Å². The zero-order valence-electron chi connectivity index (χ0n) is 14.1. The van der Waals surface area contributed by atoms with E-state index in [1.54, 1.807) is 6.07 Å². The average molecular weight is 421 g/mol. The van der Waals surface area contributed by atoms with E-state index in [4.69, 9.17) is 0 Å². The zero-order chi connectivity index (χ0) is 19.9. The van der Waals surface area contributed by atoms with Crippen molar-refractivity contribution in [3.8, 4) is 0 Å². The second kappa shape index (κ2) is 9.24. The normalized spacial score (nSPS) is 10.4. The van der Waals surface area contributed by atoms with Crippen LogP contribution in [0.3, 0.4) is 0 Å². The summed E-state index contributed by atoms with van der Waals surface area (Å²) in [5.41, 5.74) is 0.521. The van der Waals surface area contributed by atoms with Gasteiger partial charge in [0.2, 0.25) is 11.0 Å². The van der Waals surface area contributed by atoms with Gasteiger partial charge < -0.3 is 10.6 Å². The van der Waals surface area contributed by atoms with Gasteiger partial charge in [-0.05, 0) is 36.4 Å². The summed E-state index contributed by atoms with van der Waals surface area (Å²) in [6, 6.07) is 10.6. The van der Waals surface area contributed by atoms with Crippen LogP contribution in [0.15, 0.2) is 52.9 Å². The molecule has 11 heteroatoms. The third-order valence-corrected chi connectivity index (χ3v) is 5.18. The largest absolute Gasteiger partial charge is 0.325 e.